The van der Waals surface area contributed by atoms with Gasteiger partial charge in [-0.15, -0.1) is 0 Å². The van der Waals surface area contributed by atoms with Crippen molar-refractivity contribution in [3.63, 3.8) is 0 Å². The maximum Gasteiger partial charge on any atom is 0.240 e. The van der Waals surface area contributed by atoms with Crippen LogP contribution in [0.2, 0.25) is 0 Å². The lowest BCUT2D eigenvalue weighted by molar-refractivity contribution is 0.0962. The van der Waals surface area contributed by atoms with Gasteiger partial charge in [0.25, 0.3) is 0 Å². The minimum absolute atomic E-state index is 0.0582. The van der Waals surface area contributed by atoms with E-state index in [4.69, 9.17) is 0 Å². The highest BCUT2D eigenvalue weighted by Gasteiger charge is 2.31. The smallest absolute Gasteiger partial charge is 0.240 e. The van der Waals surface area contributed by atoms with Gasteiger partial charge in [-0.2, -0.15) is 23.5 Å². The van der Waals surface area contributed by atoms with Gasteiger partial charge in [0.15, 0.2) is 0 Å². The molecule has 0 unspecified atom stereocenters. The molecule has 1 aromatic rings. The molecule has 2 N–H and O–H groups in total. The number of thioether (sulfide) groups is 2. The van der Waals surface area contributed by atoms with Crippen LogP contribution in [-0.2, 0) is 10.0 Å². The number of rotatable bonds is 4. The average Bonchev–Trinajstić information content (AvgIpc) is 2.65. The molecule has 0 aliphatic carbocycles. The minimum atomic E-state index is -3.59. The standard InChI is InChI=1S/C14H21NO3S3/c1-11-3-4-12(2)13(7-11)21(17,18)15-8-14(16)9-19-5-6-20-10-14/h3-4,7,15-16H,5-6,8-10H2,1-2H3. The highest BCUT2D eigenvalue weighted by molar-refractivity contribution is 8.03. The predicted octanol–water partition coefficient (Wildman–Crippen LogP) is 1.79. The first kappa shape index (κ1) is 17.1. The van der Waals surface area contributed by atoms with E-state index >= 15 is 0 Å². The Morgan fingerprint density at radius 2 is 1.86 bits per heavy atom. The first-order valence-electron chi connectivity index (χ1n) is 6.77. The number of aliphatic hydroxyl groups is 1. The molecule has 118 valence electrons. The molecule has 0 aromatic heterocycles. The van der Waals surface area contributed by atoms with E-state index < -0.39 is 15.6 Å². The Morgan fingerprint density at radius 1 is 1.24 bits per heavy atom. The maximum absolute atomic E-state index is 12.4. The fourth-order valence-electron chi connectivity index (χ4n) is 2.09. The molecule has 0 saturated carbocycles. The van der Waals surface area contributed by atoms with Crippen LogP contribution in [0.5, 0.6) is 0 Å². The molecule has 2 rings (SSSR count). The Morgan fingerprint density at radius 3 is 2.48 bits per heavy atom. The Balaban J connectivity index is 2.12. The molecule has 0 bridgehead atoms. The Hall–Kier alpha value is -0.210. The summed E-state index contributed by atoms with van der Waals surface area (Å²) in [5, 5.41) is 10.5. The van der Waals surface area contributed by atoms with E-state index in [0.717, 1.165) is 17.1 Å². The molecule has 1 heterocycles. The summed E-state index contributed by atoms with van der Waals surface area (Å²) in [6.07, 6.45) is 0. The Labute approximate surface area is 135 Å². The number of sulfonamides is 1. The third kappa shape index (κ3) is 4.63. The second-order valence-electron chi connectivity index (χ2n) is 5.42. The third-order valence-electron chi connectivity index (χ3n) is 3.34. The van der Waals surface area contributed by atoms with E-state index in [2.05, 4.69) is 4.72 Å². The summed E-state index contributed by atoms with van der Waals surface area (Å²) in [4.78, 5) is 0.292. The molecule has 1 aliphatic heterocycles. The number of hydrogen-bond donors (Lipinski definition) is 2. The van der Waals surface area contributed by atoms with Gasteiger partial charge in [0, 0.05) is 29.6 Å². The van der Waals surface area contributed by atoms with Crippen LogP contribution in [0.3, 0.4) is 0 Å². The van der Waals surface area contributed by atoms with Crippen molar-refractivity contribution in [3.05, 3.63) is 29.3 Å². The molecule has 21 heavy (non-hydrogen) atoms. The first-order valence-corrected chi connectivity index (χ1v) is 10.6. The lowest BCUT2D eigenvalue weighted by atomic mass is 10.1. The van der Waals surface area contributed by atoms with Crippen LogP contribution in [0.1, 0.15) is 11.1 Å². The summed E-state index contributed by atoms with van der Waals surface area (Å²) in [5.41, 5.74) is 0.640. The summed E-state index contributed by atoms with van der Waals surface area (Å²) >= 11 is 3.34. The van der Waals surface area contributed by atoms with Crippen molar-refractivity contribution in [2.24, 2.45) is 0 Å². The van der Waals surface area contributed by atoms with E-state index in [9.17, 15) is 13.5 Å². The largest absolute Gasteiger partial charge is 0.387 e. The molecule has 1 aromatic carbocycles. The molecule has 0 atom stereocenters. The zero-order valence-corrected chi connectivity index (χ0v) is 14.7. The van der Waals surface area contributed by atoms with Crippen molar-refractivity contribution in [1.29, 1.82) is 0 Å². The molecular weight excluding hydrogens is 326 g/mol. The van der Waals surface area contributed by atoms with Crippen LogP contribution in [0, 0.1) is 13.8 Å². The van der Waals surface area contributed by atoms with Crippen molar-refractivity contribution in [2.45, 2.75) is 24.3 Å². The van der Waals surface area contributed by atoms with Gasteiger partial charge in [-0.25, -0.2) is 13.1 Å². The SMILES string of the molecule is Cc1ccc(C)c(S(=O)(=O)NCC2(O)CSCCSC2)c1. The quantitative estimate of drug-likeness (QED) is 0.869. The van der Waals surface area contributed by atoms with Gasteiger partial charge in [0.1, 0.15) is 0 Å². The van der Waals surface area contributed by atoms with E-state index in [-0.39, 0.29) is 6.54 Å². The van der Waals surface area contributed by atoms with Gasteiger partial charge in [0.05, 0.1) is 10.5 Å². The van der Waals surface area contributed by atoms with Crippen LogP contribution < -0.4 is 4.72 Å². The van der Waals surface area contributed by atoms with Crippen molar-refractivity contribution >= 4 is 33.5 Å². The topological polar surface area (TPSA) is 66.4 Å². The van der Waals surface area contributed by atoms with Crippen LogP contribution in [-0.4, -0.2) is 48.7 Å². The lowest BCUT2D eigenvalue weighted by Crippen LogP contribution is -2.46. The van der Waals surface area contributed by atoms with Crippen molar-refractivity contribution in [1.82, 2.24) is 4.72 Å². The fraction of sp³-hybridized carbons (Fsp3) is 0.571. The van der Waals surface area contributed by atoms with Crippen LogP contribution in [0.4, 0.5) is 0 Å². The van der Waals surface area contributed by atoms with E-state index in [1.54, 1.807) is 42.6 Å². The molecule has 7 heteroatoms. The first-order chi connectivity index (χ1) is 9.82. The molecule has 1 saturated heterocycles. The molecule has 4 nitrogen and oxygen atoms in total. The maximum atomic E-state index is 12.4. The number of benzene rings is 1. The minimum Gasteiger partial charge on any atom is -0.387 e. The Kier molecular flexibility index (Phi) is 5.65. The van der Waals surface area contributed by atoms with Gasteiger partial charge in [-0.05, 0) is 31.0 Å². The summed E-state index contributed by atoms with van der Waals surface area (Å²) in [6.45, 7) is 3.70. The zero-order valence-electron chi connectivity index (χ0n) is 12.3. The molecule has 1 fully saturated rings. The van der Waals surface area contributed by atoms with E-state index in [1.807, 2.05) is 13.0 Å². The molecule has 1 aliphatic rings. The fourth-order valence-corrected chi connectivity index (χ4v) is 6.07. The predicted molar refractivity (Wildman–Crippen MR) is 90.7 cm³/mol. The van der Waals surface area contributed by atoms with Crippen LogP contribution in [0.15, 0.2) is 23.1 Å². The summed E-state index contributed by atoms with van der Waals surface area (Å²) in [7, 11) is -3.59. The molecule has 0 radical (unpaired) electrons. The van der Waals surface area contributed by atoms with Crippen LogP contribution in [0.25, 0.3) is 0 Å². The van der Waals surface area contributed by atoms with E-state index in [1.165, 1.54) is 0 Å². The number of hydrogen-bond acceptors (Lipinski definition) is 5. The van der Waals surface area contributed by atoms with Crippen molar-refractivity contribution in [3.8, 4) is 0 Å². The number of aryl methyl sites for hydroxylation is 2. The van der Waals surface area contributed by atoms with Gasteiger partial charge in [-0.1, -0.05) is 12.1 Å². The van der Waals surface area contributed by atoms with Gasteiger partial charge < -0.3 is 5.11 Å². The molecule has 0 spiro atoms. The highest BCUT2D eigenvalue weighted by atomic mass is 32.2. The zero-order chi connectivity index (χ0) is 15.5. The second kappa shape index (κ2) is 6.91. The van der Waals surface area contributed by atoms with Gasteiger partial charge >= 0.3 is 0 Å². The van der Waals surface area contributed by atoms with Gasteiger partial charge in [-0.3, -0.25) is 0 Å². The monoisotopic (exact) mass is 347 g/mol. The van der Waals surface area contributed by atoms with Crippen LogP contribution >= 0.6 is 23.5 Å². The summed E-state index contributed by atoms with van der Waals surface area (Å²) < 4.78 is 27.5. The number of nitrogens with one attached hydrogen (secondary N) is 1. The van der Waals surface area contributed by atoms with E-state index in [0.29, 0.717) is 22.0 Å². The lowest BCUT2D eigenvalue weighted by Gasteiger charge is -2.26. The third-order valence-corrected chi connectivity index (χ3v) is 7.61. The summed E-state index contributed by atoms with van der Waals surface area (Å²) in [5.74, 6) is 3.12. The Bertz CT molecular complexity index is 593. The van der Waals surface area contributed by atoms with Gasteiger partial charge in [0.2, 0.25) is 10.0 Å². The molecular formula is C14H21NO3S3. The average molecular weight is 348 g/mol. The highest BCUT2D eigenvalue weighted by Crippen LogP contribution is 2.25. The summed E-state index contributed by atoms with van der Waals surface area (Å²) in [6, 6.07) is 5.36. The molecule has 0 amide bonds. The normalized spacial score (nSPS) is 19.2. The second-order valence-corrected chi connectivity index (χ2v) is 9.37. The van der Waals surface area contributed by atoms with Crippen molar-refractivity contribution in [2.75, 3.05) is 29.6 Å². The van der Waals surface area contributed by atoms with Crippen molar-refractivity contribution < 1.29 is 13.5 Å².